The van der Waals surface area contributed by atoms with Crippen molar-refractivity contribution in [3.05, 3.63) is 18.0 Å². The molecule has 0 saturated heterocycles. The zero-order valence-corrected chi connectivity index (χ0v) is 10.6. The SMILES string of the molecule is CCn1cc(C2CC(C)(C)CCC2N)cn1. The highest BCUT2D eigenvalue weighted by molar-refractivity contribution is 5.16. The quantitative estimate of drug-likeness (QED) is 0.834. The molecule has 0 amide bonds. The molecule has 1 aliphatic carbocycles. The van der Waals surface area contributed by atoms with E-state index in [0.717, 1.165) is 13.0 Å². The smallest absolute Gasteiger partial charge is 0.0525 e. The minimum atomic E-state index is 0.308. The number of aromatic nitrogens is 2. The largest absolute Gasteiger partial charge is 0.327 e. The Morgan fingerprint density at radius 2 is 2.31 bits per heavy atom. The molecule has 1 heterocycles. The fourth-order valence-corrected chi connectivity index (χ4v) is 2.72. The molecule has 90 valence electrons. The van der Waals surface area contributed by atoms with Crippen LogP contribution in [0, 0.1) is 5.41 Å². The van der Waals surface area contributed by atoms with Crippen molar-refractivity contribution in [1.82, 2.24) is 9.78 Å². The lowest BCUT2D eigenvalue weighted by Gasteiger charge is -2.38. The van der Waals surface area contributed by atoms with Gasteiger partial charge in [-0.15, -0.1) is 0 Å². The Balaban J connectivity index is 2.17. The third-order valence-corrected chi connectivity index (χ3v) is 3.85. The van der Waals surface area contributed by atoms with Crippen molar-refractivity contribution in [1.29, 1.82) is 0 Å². The summed E-state index contributed by atoms with van der Waals surface area (Å²) in [6, 6.07) is 0.308. The third kappa shape index (κ3) is 2.29. The molecule has 2 N–H and O–H groups in total. The van der Waals surface area contributed by atoms with E-state index in [0.29, 0.717) is 17.4 Å². The third-order valence-electron chi connectivity index (χ3n) is 3.85. The monoisotopic (exact) mass is 221 g/mol. The van der Waals surface area contributed by atoms with Crippen LogP contribution < -0.4 is 5.73 Å². The molecule has 0 spiro atoms. The lowest BCUT2D eigenvalue weighted by Crippen LogP contribution is -2.37. The fraction of sp³-hybridized carbons (Fsp3) is 0.769. The molecule has 1 aromatic heterocycles. The maximum atomic E-state index is 6.25. The molecule has 1 fully saturated rings. The first-order chi connectivity index (χ1) is 7.52. The average molecular weight is 221 g/mol. The van der Waals surface area contributed by atoms with Gasteiger partial charge in [0.05, 0.1) is 6.20 Å². The van der Waals surface area contributed by atoms with Crippen molar-refractivity contribution in [3.63, 3.8) is 0 Å². The first-order valence-electron chi connectivity index (χ1n) is 6.30. The van der Waals surface area contributed by atoms with Gasteiger partial charge in [0.1, 0.15) is 0 Å². The van der Waals surface area contributed by atoms with E-state index in [2.05, 4.69) is 32.1 Å². The van der Waals surface area contributed by atoms with Gasteiger partial charge in [-0.3, -0.25) is 4.68 Å². The van der Waals surface area contributed by atoms with E-state index < -0.39 is 0 Å². The highest BCUT2D eigenvalue weighted by atomic mass is 15.3. The number of rotatable bonds is 2. The minimum Gasteiger partial charge on any atom is -0.327 e. The Hall–Kier alpha value is -0.830. The molecular weight excluding hydrogens is 198 g/mol. The van der Waals surface area contributed by atoms with Gasteiger partial charge in [-0.25, -0.2) is 0 Å². The second kappa shape index (κ2) is 4.21. The van der Waals surface area contributed by atoms with E-state index in [1.54, 1.807) is 0 Å². The normalized spacial score (nSPS) is 29.2. The number of nitrogens with two attached hydrogens (primary N) is 1. The Morgan fingerprint density at radius 1 is 1.56 bits per heavy atom. The highest BCUT2D eigenvalue weighted by Gasteiger charge is 2.34. The molecular formula is C13H23N3. The molecule has 3 nitrogen and oxygen atoms in total. The standard InChI is InChI=1S/C13H23N3/c1-4-16-9-10(8-15-16)11-7-13(2,3)6-5-12(11)14/h8-9,11-12H,4-7,14H2,1-3H3. The van der Waals surface area contributed by atoms with Gasteiger partial charge in [0.2, 0.25) is 0 Å². The predicted molar refractivity (Wildman–Crippen MR) is 66.2 cm³/mol. The Bertz CT molecular complexity index is 354. The summed E-state index contributed by atoms with van der Waals surface area (Å²) < 4.78 is 1.99. The molecule has 1 aliphatic rings. The maximum absolute atomic E-state index is 6.25. The van der Waals surface area contributed by atoms with Crippen LogP contribution in [0.3, 0.4) is 0 Å². The summed E-state index contributed by atoms with van der Waals surface area (Å²) in [5.74, 6) is 0.490. The number of hydrogen-bond acceptors (Lipinski definition) is 2. The van der Waals surface area contributed by atoms with Gasteiger partial charge >= 0.3 is 0 Å². The van der Waals surface area contributed by atoms with Crippen LogP contribution in [0.1, 0.15) is 51.5 Å². The van der Waals surface area contributed by atoms with Crippen molar-refractivity contribution >= 4 is 0 Å². The zero-order valence-electron chi connectivity index (χ0n) is 10.6. The van der Waals surface area contributed by atoms with Crippen LogP contribution in [0.25, 0.3) is 0 Å². The van der Waals surface area contributed by atoms with Crippen LogP contribution >= 0.6 is 0 Å². The van der Waals surface area contributed by atoms with Crippen molar-refractivity contribution in [2.45, 2.75) is 58.5 Å². The first kappa shape index (κ1) is 11.6. The van der Waals surface area contributed by atoms with E-state index >= 15 is 0 Å². The lowest BCUT2D eigenvalue weighted by molar-refractivity contribution is 0.198. The van der Waals surface area contributed by atoms with Crippen LogP contribution in [0.4, 0.5) is 0 Å². The van der Waals surface area contributed by atoms with Gasteiger partial charge in [-0.05, 0) is 37.2 Å². The van der Waals surface area contributed by atoms with Gasteiger partial charge < -0.3 is 5.73 Å². The predicted octanol–water partition coefficient (Wildman–Crippen LogP) is 2.52. The molecule has 2 unspecified atom stereocenters. The van der Waals surface area contributed by atoms with Gasteiger partial charge in [0.15, 0.2) is 0 Å². The molecule has 16 heavy (non-hydrogen) atoms. The van der Waals surface area contributed by atoms with E-state index in [-0.39, 0.29) is 0 Å². The van der Waals surface area contributed by atoms with Crippen molar-refractivity contribution in [2.24, 2.45) is 11.1 Å². The van der Waals surface area contributed by atoms with E-state index in [1.165, 1.54) is 18.4 Å². The molecule has 0 radical (unpaired) electrons. The molecule has 0 aliphatic heterocycles. The van der Waals surface area contributed by atoms with Gasteiger partial charge in [0.25, 0.3) is 0 Å². The van der Waals surface area contributed by atoms with Crippen molar-refractivity contribution in [2.75, 3.05) is 0 Å². The zero-order chi connectivity index (χ0) is 11.8. The molecule has 3 heteroatoms. The van der Waals surface area contributed by atoms with E-state index in [9.17, 15) is 0 Å². The Morgan fingerprint density at radius 3 is 2.94 bits per heavy atom. The van der Waals surface area contributed by atoms with E-state index in [1.807, 2.05) is 10.9 Å². The summed E-state index contributed by atoms with van der Waals surface area (Å²) in [5, 5.41) is 4.35. The summed E-state index contributed by atoms with van der Waals surface area (Å²) in [7, 11) is 0. The molecule has 0 bridgehead atoms. The minimum absolute atomic E-state index is 0.308. The summed E-state index contributed by atoms with van der Waals surface area (Å²) in [5.41, 5.74) is 7.99. The van der Waals surface area contributed by atoms with Gasteiger partial charge in [-0.2, -0.15) is 5.10 Å². The molecule has 2 atom stereocenters. The van der Waals surface area contributed by atoms with Crippen LogP contribution in [0.2, 0.25) is 0 Å². The molecule has 2 rings (SSSR count). The Kier molecular flexibility index (Phi) is 3.06. The van der Waals surface area contributed by atoms with Gasteiger partial charge in [-0.1, -0.05) is 13.8 Å². The van der Waals surface area contributed by atoms with Crippen LogP contribution in [0.5, 0.6) is 0 Å². The van der Waals surface area contributed by atoms with Crippen molar-refractivity contribution in [3.8, 4) is 0 Å². The lowest BCUT2D eigenvalue weighted by atomic mass is 9.68. The Labute approximate surface area is 98.0 Å². The summed E-state index contributed by atoms with van der Waals surface area (Å²) in [4.78, 5) is 0. The number of nitrogens with zero attached hydrogens (tertiary/aromatic N) is 2. The van der Waals surface area contributed by atoms with Crippen LogP contribution in [-0.4, -0.2) is 15.8 Å². The first-order valence-corrected chi connectivity index (χ1v) is 6.30. The molecule has 0 aromatic carbocycles. The highest BCUT2D eigenvalue weighted by Crippen LogP contribution is 2.42. The summed E-state index contributed by atoms with van der Waals surface area (Å²) in [6.07, 6.45) is 7.71. The topological polar surface area (TPSA) is 43.8 Å². The van der Waals surface area contributed by atoms with Crippen molar-refractivity contribution < 1.29 is 0 Å². The summed E-state index contributed by atoms with van der Waals surface area (Å²) in [6.45, 7) is 7.74. The van der Waals surface area contributed by atoms with Gasteiger partial charge in [0, 0.05) is 24.7 Å². The maximum Gasteiger partial charge on any atom is 0.0525 e. The molecule has 1 saturated carbocycles. The second-order valence-corrected chi connectivity index (χ2v) is 5.81. The van der Waals surface area contributed by atoms with Crippen LogP contribution in [0.15, 0.2) is 12.4 Å². The summed E-state index contributed by atoms with van der Waals surface area (Å²) >= 11 is 0. The average Bonchev–Trinajstić information content (AvgIpc) is 2.70. The second-order valence-electron chi connectivity index (χ2n) is 5.81. The number of aryl methyl sites for hydroxylation is 1. The van der Waals surface area contributed by atoms with Crippen LogP contribution in [-0.2, 0) is 6.54 Å². The number of hydrogen-bond donors (Lipinski definition) is 1. The molecule has 1 aromatic rings. The fourth-order valence-electron chi connectivity index (χ4n) is 2.72. The van der Waals surface area contributed by atoms with E-state index in [4.69, 9.17) is 5.73 Å².